The van der Waals surface area contributed by atoms with Gasteiger partial charge in [-0.15, -0.1) is 0 Å². The minimum atomic E-state index is -5.08. The monoisotopic (exact) mass is 474 g/mol. The number of aliphatic carboxylic acids is 1. The van der Waals surface area contributed by atoms with E-state index in [1.54, 1.807) is 0 Å². The number of piperazine rings is 1. The SMILES string of the molecule is O=C(O)C(F)(F)F.O=C1c2ccc(C(F)(F)F)cc2C[C@@H]2CN(Cc3ccccc3)CCN12. The first-order chi connectivity index (χ1) is 15.4. The molecule has 178 valence electrons. The van der Waals surface area contributed by atoms with Gasteiger partial charge in [0, 0.05) is 37.8 Å². The molecule has 0 bridgehead atoms. The number of hydrogen-bond donors (Lipinski definition) is 1. The van der Waals surface area contributed by atoms with Crippen LogP contribution in [-0.2, 0) is 23.9 Å². The zero-order chi connectivity index (χ0) is 24.4. The summed E-state index contributed by atoms with van der Waals surface area (Å²) < 4.78 is 70.7. The van der Waals surface area contributed by atoms with Gasteiger partial charge < -0.3 is 10.0 Å². The first-order valence-electron chi connectivity index (χ1n) is 9.93. The Labute approximate surface area is 185 Å². The van der Waals surface area contributed by atoms with Crippen molar-refractivity contribution in [3.05, 3.63) is 70.8 Å². The molecule has 0 radical (unpaired) electrons. The molecule has 2 aromatic carbocycles. The van der Waals surface area contributed by atoms with E-state index in [0.29, 0.717) is 30.6 Å². The summed E-state index contributed by atoms with van der Waals surface area (Å²) in [5.41, 5.74) is 1.43. The summed E-state index contributed by atoms with van der Waals surface area (Å²) in [6.45, 7) is 2.84. The lowest BCUT2D eigenvalue weighted by Gasteiger charge is -2.44. The molecule has 1 atom stereocenters. The van der Waals surface area contributed by atoms with Crippen molar-refractivity contribution in [2.45, 2.75) is 31.4 Å². The van der Waals surface area contributed by atoms with Gasteiger partial charge in [0.05, 0.1) is 5.56 Å². The van der Waals surface area contributed by atoms with Crippen LogP contribution in [0.5, 0.6) is 0 Å². The van der Waals surface area contributed by atoms with Gasteiger partial charge in [0.15, 0.2) is 0 Å². The molecule has 4 rings (SSSR count). The van der Waals surface area contributed by atoms with Gasteiger partial charge in [-0.3, -0.25) is 9.69 Å². The summed E-state index contributed by atoms with van der Waals surface area (Å²) in [7, 11) is 0. The Bertz CT molecular complexity index is 1010. The van der Waals surface area contributed by atoms with Crippen molar-refractivity contribution in [3.8, 4) is 0 Å². The molecule has 2 aliphatic heterocycles. The Balaban J connectivity index is 0.000000383. The maximum Gasteiger partial charge on any atom is 0.490 e. The van der Waals surface area contributed by atoms with Crippen LogP contribution in [0.2, 0.25) is 0 Å². The van der Waals surface area contributed by atoms with Crippen molar-refractivity contribution in [2.75, 3.05) is 19.6 Å². The van der Waals surface area contributed by atoms with E-state index < -0.39 is 23.9 Å². The normalized spacial score (nSPS) is 18.7. The Morgan fingerprint density at radius 3 is 2.21 bits per heavy atom. The van der Waals surface area contributed by atoms with Gasteiger partial charge in [-0.25, -0.2) is 4.79 Å². The largest absolute Gasteiger partial charge is 0.490 e. The van der Waals surface area contributed by atoms with Crippen LogP contribution in [-0.4, -0.2) is 58.6 Å². The van der Waals surface area contributed by atoms with E-state index in [1.165, 1.54) is 11.6 Å². The van der Waals surface area contributed by atoms with E-state index in [4.69, 9.17) is 9.90 Å². The molecule has 0 aliphatic carbocycles. The van der Waals surface area contributed by atoms with Gasteiger partial charge in [0.1, 0.15) is 0 Å². The molecule has 0 spiro atoms. The maximum atomic E-state index is 13.0. The fourth-order valence-corrected chi connectivity index (χ4v) is 3.90. The summed E-state index contributed by atoms with van der Waals surface area (Å²) in [6, 6.07) is 13.5. The molecular weight excluding hydrogens is 454 g/mol. The summed E-state index contributed by atoms with van der Waals surface area (Å²) in [4.78, 5) is 25.7. The highest BCUT2D eigenvalue weighted by Crippen LogP contribution is 2.34. The van der Waals surface area contributed by atoms with Gasteiger partial charge in [-0.05, 0) is 35.7 Å². The third-order valence-corrected chi connectivity index (χ3v) is 5.44. The molecular formula is C22H20F6N2O3. The zero-order valence-electron chi connectivity index (χ0n) is 17.2. The molecule has 1 N–H and O–H groups in total. The second-order valence-electron chi connectivity index (χ2n) is 7.75. The van der Waals surface area contributed by atoms with Gasteiger partial charge in [-0.2, -0.15) is 26.3 Å². The predicted molar refractivity (Wildman–Crippen MR) is 105 cm³/mol. The highest BCUT2D eigenvalue weighted by atomic mass is 19.4. The minimum Gasteiger partial charge on any atom is -0.475 e. The molecule has 0 unspecified atom stereocenters. The number of nitrogens with zero attached hydrogens (tertiary/aromatic N) is 2. The van der Waals surface area contributed by atoms with Gasteiger partial charge in [0.2, 0.25) is 0 Å². The quantitative estimate of drug-likeness (QED) is 0.663. The van der Waals surface area contributed by atoms with Crippen LogP contribution in [0.3, 0.4) is 0 Å². The number of carboxylic acid groups (broad SMARTS) is 1. The van der Waals surface area contributed by atoms with Crippen LogP contribution in [0, 0.1) is 0 Å². The second-order valence-corrected chi connectivity index (χ2v) is 7.75. The number of carbonyl (C=O) groups is 2. The molecule has 2 heterocycles. The average Bonchev–Trinajstić information content (AvgIpc) is 2.73. The standard InChI is InChI=1S/C20H19F3N2O.C2HF3O2/c21-20(22,23)16-6-7-18-15(10-16)11-17-13-24(8-9-25(17)19(18)26)12-14-4-2-1-3-5-14;3-2(4,5)1(6)7/h1-7,10,17H,8-9,11-13H2;(H,6,7)/t17-;/m1./s1. The third-order valence-electron chi connectivity index (χ3n) is 5.44. The van der Waals surface area contributed by atoms with Crippen LogP contribution >= 0.6 is 0 Å². The molecule has 0 saturated carbocycles. The summed E-state index contributed by atoms with van der Waals surface area (Å²) in [5.74, 6) is -2.91. The molecule has 11 heteroatoms. The highest BCUT2D eigenvalue weighted by Gasteiger charge is 2.39. The Morgan fingerprint density at radius 2 is 1.64 bits per heavy atom. The lowest BCUT2D eigenvalue weighted by Crippen LogP contribution is -2.57. The Kier molecular flexibility index (Phi) is 7.01. The summed E-state index contributed by atoms with van der Waals surface area (Å²) in [5, 5.41) is 7.12. The number of amides is 1. The molecule has 33 heavy (non-hydrogen) atoms. The van der Waals surface area contributed by atoms with Crippen molar-refractivity contribution >= 4 is 11.9 Å². The second kappa shape index (κ2) is 9.42. The molecule has 1 saturated heterocycles. The maximum absolute atomic E-state index is 13.0. The molecule has 0 aromatic heterocycles. The van der Waals surface area contributed by atoms with Crippen molar-refractivity contribution in [1.82, 2.24) is 9.80 Å². The van der Waals surface area contributed by atoms with Crippen LogP contribution in [0.1, 0.15) is 27.0 Å². The predicted octanol–water partition coefficient (Wildman–Crippen LogP) is 4.22. The van der Waals surface area contributed by atoms with E-state index in [1.807, 2.05) is 23.1 Å². The Morgan fingerprint density at radius 1 is 1.00 bits per heavy atom. The Hall–Kier alpha value is -3.08. The number of benzene rings is 2. The summed E-state index contributed by atoms with van der Waals surface area (Å²) >= 11 is 0. The average molecular weight is 474 g/mol. The molecule has 1 amide bonds. The van der Waals surface area contributed by atoms with E-state index >= 15 is 0 Å². The van der Waals surface area contributed by atoms with Gasteiger partial charge >= 0.3 is 18.3 Å². The fraction of sp³-hybridized carbons (Fsp3) is 0.364. The number of carboxylic acids is 1. The van der Waals surface area contributed by atoms with E-state index in [-0.39, 0.29) is 11.9 Å². The zero-order valence-corrected chi connectivity index (χ0v) is 17.2. The first-order valence-corrected chi connectivity index (χ1v) is 9.93. The van der Waals surface area contributed by atoms with Crippen LogP contribution in [0.15, 0.2) is 48.5 Å². The molecule has 2 aromatic rings. The molecule has 2 aliphatic rings. The van der Waals surface area contributed by atoms with E-state index in [9.17, 15) is 31.1 Å². The van der Waals surface area contributed by atoms with Crippen LogP contribution in [0.25, 0.3) is 0 Å². The van der Waals surface area contributed by atoms with Gasteiger partial charge in [-0.1, -0.05) is 30.3 Å². The number of alkyl halides is 6. The number of hydrogen-bond acceptors (Lipinski definition) is 3. The number of carbonyl (C=O) groups excluding carboxylic acids is 1. The number of halogens is 6. The molecule has 5 nitrogen and oxygen atoms in total. The lowest BCUT2D eigenvalue weighted by molar-refractivity contribution is -0.192. The van der Waals surface area contributed by atoms with Crippen molar-refractivity contribution in [1.29, 1.82) is 0 Å². The number of rotatable bonds is 2. The lowest BCUT2D eigenvalue weighted by atomic mass is 9.90. The first kappa shape index (κ1) is 24.6. The fourth-order valence-electron chi connectivity index (χ4n) is 3.90. The van der Waals surface area contributed by atoms with E-state index in [2.05, 4.69) is 17.0 Å². The topological polar surface area (TPSA) is 60.9 Å². The third kappa shape index (κ3) is 6.04. The van der Waals surface area contributed by atoms with E-state index in [0.717, 1.165) is 25.2 Å². The van der Waals surface area contributed by atoms with Crippen molar-refractivity contribution in [3.63, 3.8) is 0 Å². The highest BCUT2D eigenvalue weighted by molar-refractivity contribution is 5.97. The molecule has 1 fully saturated rings. The van der Waals surface area contributed by atoms with Crippen LogP contribution in [0.4, 0.5) is 26.3 Å². The van der Waals surface area contributed by atoms with Gasteiger partial charge in [0.25, 0.3) is 5.91 Å². The van der Waals surface area contributed by atoms with Crippen molar-refractivity contribution < 1.29 is 41.0 Å². The summed E-state index contributed by atoms with van der Waals surface area (Å²) in [6.07, 6.45) is -9.00. The van der Waals surface area contributed by atoms with Crippen LogP contribution < -0.4 is 0 Å². The minimum absolute atomic E-state index is 0.0732. The smallest absolute Gasteiger partial charge is 0.475 e. The van der Waals surface area contributed by atoms with Crippen molar-refractivity contribution in [2.24, 2.45) is 0 Å². The number of fused-ring (bicyclic) bond motifs is 2.